The minimum absolute atomic E-state index is 0.197. The van der Waals surface area contributed by atoms with Crippen molar-refractivity contribution in [2.24, 2.45) is 0 Å². The molecule has 0 spiro atoms. The highest BCUT2D eigenvalue weighted by Crippen LogP contribution is 2.32. The average molecular weight is 312 g/mol. The molecular weight excluding hydrogens is 298 g/mol. The van der Waals surface area contributed by atoms with E-state index in [9.17, 15) is 9.00 Å². The molecule has 3 heterocycles. The first-order valence-electron chi connectivity index (χ1n) is 6.46. The van der Waals surface area contributed by atoms with Crippen LogP contribution in [0.4, 0.5) is 0 Å². The second kappa shape index (κ2) is 5.26. The van der Waals surface area contributed by atoms with Gasteiger partial charge in [-0.2, -0.15) is 0 Å². The van der Waals surface area contributed by atoms with Gasteiger partial charge in [0.1, 0.15) is 11.0 Å². The van der Waals surface area contributed by atoms with E-state index < -0.39 is 10.8 Å². The van der Waals surface area contributed by atoms with Gasteiger partial charge in [-0.05, 0) is 37.3 Å². The fraction of sp³-hybridized carbons (Fsp3) is 0.462. The van der Waals surface area contributed by atoms with Gasteiger partial charge >= 0.3 is 0 Å². The Morgan fingerprint density at radius 1 is 1.35 bits per heavy atom. The third-order valence-corrected chi connectivity index (χ3v) is 5.31. The van der Waals surface area contributed by atoms with Gasteiger partial charge in [-0.25, -0.2) is 9.97 Å². The van der Waals surface area contributed by atoms with E-state index in [-0.39, 0.29) is 11.5 Å². The van der Waals surface area contributed by atoms with E-state index in [1.54, 1.807) is 13.0 Å². The molecule has 1 aliphatic rings. The Morgan fingerprint density at radius 2 is 2.05 bits per heavy atom. The Kier molecular flexibility index (Phi) is 3.60. The van der Waals surface area contributed by atoms with Crippen molar-refractivity contribution in [3.63, 3.8) is 0 Å². The summed E-state index contributed by atoms with van der Waals surface area (Å²) < 4.78 is 11.4. The van der Waals surface area contributed by atoms with Gasteiger partial charge in [0.25, 0.3) is 5.56 Å². The van der Waals surface area contributed by atoms with Crippen molar-refractivity contribution in [2.45, 2.75) is 25.7 Å². The predicted molar refractivity (Wildman–Crippen MR) is 79.8 cm³/mol. The fourth-order valence-corrected chi connectivity index (χ4v) is 4.15. The molecule has 0 atom stereocenters. The molecule has 0 bridgehead atoms. The number of aryl methyl sites for hydroxylation is 1. The molecule has 5 nitrogen and oxygen atoms in total. The number of H-pyrrole nitrogens is 1. The van der Waals surface area contributed by atoms with Crippen LogP contribution in [-0.4, -0.2) is 30.7 Å². The van der Waals surface area contributed by atoms with Crippen molar-refractivity contribution in [1.29, 1.82) is 0 Å². The molecule has 0 saturated carbocycles. The highest BCUT2D eigenvalue weighted by molar-refractivity contribution is 7.85. The molecule has 1 aliphatic heterocycles. The summed E-state index contributed by atoms with van der Waals surface area (Å²) in [6, 6.07) is 1.79. The van der Waals surface area contributed by atoms with E-state index in [2.05, 4.69) is 15.0 Å². The summed E-state index contributed by atoms with van der Waals surface area (Å²) in [7, 11) is -0.720. The van der Waals surface area contributed by atoms with Gasteiger partial charge < -0.3 is 4.98 Å². The predicted octanol–water partition coefficient (Wildman–Crippen LogP) is 1.91. The number of rotatable bonds is 1. The number of nitrogens with one attached hydrogen (secondary N) is 1. The molecule has 2 aromatic rings. The summed E-state index contributed by atoms with van der Waals surface area (Å²) in [4.78, 5) is 23.1. The van der Waals surface area contributed by atoms with Crippen LogP contribution in [0.2, 0.25) is 5.15 Å². The van der Waals surface area contributed by atoms with Crippen LogP contribution in [-0.2, 0) is 10.8 Å². The maximum Gasteiger partial charge on any atom is 0.260 e. The maximum atomic E-state index is 12.0. The lowest BCUT2D eigenvalue weighted by Gasteiger charge is -2.22. The molecule has 106 valence electrons. The molecule has 0 unspecified atom stereocenters. The molecule has 2 aromatic heterocycles. The first kappa shape index (κ1) is 13.7. The summed E-state index contributed by atoms with van der Waals surface area (Å²) in [5.74, 6) is 2.10. The van der Waals surface area contributed by atoms with Gasteiger partial charge in [0.2, 0.25) is 0 Å². The lowest BCUT2D eigenvalue weighted by molar-refractivity contribution is 0.604. The zero-order chi connectivity index (χ0) is 14.3. The van der Waals surface area contributed by atoms with E-state index in [0.29, 0.717) is 33.5 Å². The molecule has 0 aromatic carbocycles. The van der Waals surface area contributed by atoms with Gasteiger partial charge in [-0.3, -0.25) is 9.00 Å². The molecular formula is C13H14ClN3O2S. The van der Waals surface area contributed by atoms with Crippen LogP contribution in [0.25, 0.3) is 11.0 Å². The normalized spacial score (nSPS) is 23.1. The Balaban J connectivity index is 2.10. The first-order chi connectivity index (χ1) is 9.54. The molecule has 1 N–H and O–H groups in total. The average Bonchev–Trinajstić information content (AvgIpc) is 2.39. The van der Waals surface area contributed by atoms with Crippen molar-refractivity contribution in [1.82, 2.24) is 15.0 Å². The van der Waals surface area contributed by atoms with Crippen molar-refractivity contribution < 1.29 is 4.21 Å². The summed E-state index contributed by atoms with van der Waals surface area (Å²) in [5.41, 5.74) is 1.05. The Morgan fingerprint density at radius 3 is 2.75 bits per heavy atom. The van der Waals surface area contributed by atoms with Crippen LogP contribution in [0.1, 0.15) is 30.1 Å². The number of hydrogen-bond acceptors (Lipinski definition) is 4. The number of nitrogens with zero attached hydrogens (tertiary/aromatic N) is 2. The van der Waals surface area contributed by atoms with Crippen molar-refractivity contribution in [3.8, 4) is 0 Å². The van der Waals surface area contributed by atoms with Crippen LogP contribution < -0.4 is 5.56 Å². The summed E-state index contributed by atoms with van der Waals surface area (Å²) >= 11 is 6.24. The van der Waals surface area contributed by atoms with Crippen LogP contribution in [0.3, 0.4) is 0 Å². The van der Waals surface area contributed by atoms with Crippen LogP contribution in [0.15, 0.2) is 10.9 Å². The molecule has 1 saturated heterocycles. The Bertz CT molecular complexity index is 749. The second-order valence-electron chi connectivity index (χ2n) is 5.01. The topological polar surface area (TPSA) is 75.7 Å². The van der Waals surface area contributed by atoms with Gasteiger partial charge in [-0.15, -0.1) is 0 Å². The zero-order valence-corrected chi connectivity index (χ0v) is 12.6. The Hall–Kier alpha value is -1.27. The largest absolute Gasteiger partial charge is 0.310 e. The molecule has 0 amide bonds. The number of fused-ring (bicyclic) bond motifs is 1. The molecule has 1 fully saturated rings. The van der Waals surface area contributed by atoms with Crippen LogP contribution in [0, 0.1) is 6.92 Å². The number of hydrogen-bond donors (Lipinski definition) is 1. The van der Waals surface area contributed by atoms with Gasteiger partial charge in [-0.1, -0.05) is 11.6 Å². The zero-order valence-electron chi connectivity index (χ0n) is 11.0. The van der Waals surface area contributed by atoms with E-state index >= 15 is 0 Å². The monoisotopic (exact) mass is 311 g/mol. The summed E-state index contributed by atoms with van der Waals surface area (Å²) in [6.45, 7) is 1.71. The molecule has 7 heteroatoms. The van der Waals surface area contributed by atoms with Crippen LogP contribution >= 0.6 is 11.6 Å². The highest BCUT2D eigenvalue weighted by atomic mass is 35.5. The maximum absolute atomic E-state index is 12.0. The molecule has 0 aliphatic carbocycles. The molecule has 3 rings (SSSR count). The lowest BCUT2D eigenvalue weighted by Crippen LogP contribution is -2.18. The number of aromatic amines is 1. The quantitative estimate of drug-likeness (QED) is 0.816. The van der Waals surface area contributed by atoms with Gasteiger partial charge in [0.15, 0.2) is 5.65 Å². The SMILES string of the molecule is Cc1nc2nc(Cl)c(C3CCS(=O)CC3)cc2c(=O)[nH]1. The third kappa shape index (κ3) is 2.50. The minimum Gasteiger partial charge on any atom is -0.310 e. The lowest BCUT2D eigenvalue weighted by atomic mass is 9.94. The Labute approximate surface area is 123 Å². The molecule has 0 radical (unpaired) electrons. The van der Waals surface area contributed by atoms with E-state index in [1.165, 1.54) is 0 Å². The van der Waals surface area contributed by atoms with E-state index in [0.717, 1.165) is 18.4 Å². The van der Waals surface area contributed by atoms with Crippen molar-refractivity contribution >= 4 is 33.4 Å². The third-order valence-electron chi connectivity index (χ3n) is 3.62. The van der Waals surface area contributed by atoms with Crippen molar-refractivity contribution in [3.05, 3.63) is 33.0 Å². The summed E-state index contributed by atoms with van der Waals surface area (Å²) in [6.07, 6.45) is 1.63. The molecule has 20 heavy (non-hydrogen) atoms. The standard InChI is InChI=1S/C13H14ClN3O2S/c1-7-15-12-10(13(18)16-7)6-9(11(14)17-12)8-2-4-20(19)5-3-8/h6,8H,2-5H2,1H3,(H,15,16,17,18). The van der Waals surface area contributed by atoms with Crippen LogP contribution in [0.5, 0.6) is 0 Å². The summed E-state index contributed by atoms with van der Waals surface area (Å²) in [5, 5.41) is 0.856. The number of pyridine rings is 1. The van der Waals surface area contributed by atoms with Gasteiger partial charge in [0.05, 0.1) is 5.39 Å². The highest BCUT2D eigenvalue weighted by Gasteiger charge is 2.23. The number of aromatic nitrogens is 3. The minimum atomic E-state index is -0.720. The smallest absolute Gasteiger partial charge is 0.260 e. The van der Waals surface area contributed by atoms with E-state index in [4.69, 9.17) is 11.6 Å². The second-order valence-corrected chi connectivity index (χ2v) is 7.07. The van der Waals surface area contributed by atoms with Crippen molar-refractivity contribution in [2.75, 3.05) is 11.5 Å². The van der Waals surface area contributed by atoms with Gasteiger partial charge in [0, 0.05) is 22.3 Å². The van der Waals surface area contributed by atoms with E-state index in [1.807, 2.05) is 0 Å². The fourth-order valence-electron chi connectivity index (χ4n) is 2.56. The number of halogens is 1. The first-order valence-corrected chi connectivity index (χ1v) is 8.33.